The molecule has 0 spiro atoms. The van der Waals surface area contributed by atoms with Crippen molar-refractivity contribution in [2.75, 3.05) is 20.1 Å². The van der Waals surface area contributed by atoms with E-state index in [0.717, 1.165) is 44.0 Å². The molecule has 10 nitrogen and oxygen atoms in total. The van der Waals surface area contributed by atoms with Gasteiger partial charge in [-0.15, -0.1) is 0 Å². The highest BCUT2D eigenvalue weighted by Gasteiger charge is 2.72. The lowest BCUT2D eigenvalue weighted by Crippen LogP contribution is -2.71. The highest BCUT2D eigenvalue weighted by molar-refractivity contribution is 5.97. The smallest absolute Gasteiger partial charge is 0.281 e. The van der Waals surface area contributed by atoms with Crippen LogP contribution in [0.2, 0.25) is 0 Å². The van der Waals surface area contributed by atoms with Crippen LogP contribution in [-0.4, -0.2) is 92.4 Å². The molecule has 1 aromatic carbocycles. The molecular weight excluding hydrogens is 570 g/mol. The van der Waals surface area contributed by atoms with Crippen molar-refractivity contribution >= 4 is 28.6 Å². The van der Waals surface area contributed by atoms with Crippen molar-refractivity contribution in [2.45, 2.75) is 114 Å². The van der Waals surface area contributed by atoms with Crippen molar-refractivity contribution in [2.24, 2.45) is 17.8 Å². The first kappa shape index (κ1) is 29.5. The maximum Gasteiger partial charge on any atom is 0.281 e. The van der Waals surface area contributed by atoms with E-state index in [1.165, 1.54) is 27.8 Å². The monoisotopic (exact) mass is 617 g/mol. The number of fused-ring (bicyclic) bond motifs is 5. The number of aliphatic hydroxyl groups is 1. The standard InChI is InChI=1S/C35H47N5O5/c1-20(2)34(37-31(41)23-16-25-24-11-7-12-26-30(24)22(18-36-26)17-27(25)38(3)19-23)33(43)40-28(15-21-9-5-4-6-10-21)32(42)39-14-8-13-29(39)35(40,44)45-34/h7,11-12,18,20-21,23,25,27-29,36,44H,4-6,8-10,13-17,19H2,1-3H3,(H,37,41)/t23-,25-,27-,28+,29+,34-,35+/m1/s1. The Morgan fingerprint density at radius 1 is 1.16 bits per heavy atom. The maximum atomic E-state index is 14.7. The zero-order valence-corrected chi connectivity index (χ0v) is 26.8. The highest BCUT2D eigenvalue weighted by Crippen LogP contribution is 2.50. The van der Waals surface area contributed by atoms with Crippen LogP contribution in [0.4, 0.5) is 0 Å². The number of likely N-dealkylation sites (N-methyl/N-ethyl adjacent to an activating group) is 1. The number of hydrogen-bond acceptors (Lipinski definition) is 6. The zero-order valence-electron chi connectivity index (χ0n) is 26.8. The Labute approximate surface area is 264 Å². The fraction of sp³-hybridized carbons (Fsp3) is 0.686. The minimum Gasteiger partial charge on any atom is -0.361 e. The molecule has 45 heavy (non-hydrogen) atoms. The van der Waals surface area contributed by atoms with Crippen LogP contribution in [0.25, 0.3) is 10.9 Å². The Kier molecular flexibility index (Phi) is 6.90. The van der Waals surface area contributed by atoms with E-state index in [2.05, 4.69) is 46.6 Å². The molecule has 0 unspecified atom stereocenters. The number of piperidine rings is 1. The molecule has 6 aliphatic rings. The molecule has 242 valence electrons. The average Bonchev–Trinajstić information content (AvgIpc) is 3.74. The third kappa shape index (κ3) is 4.27. The SMILES string of the molecule is CC(C)[C@@]1(NC(=O)[C@@H]2C[C@@H]3c4cccc5[nH]cc(c45)C[C@H]3N(C)C2)O[C@@]2(O)[C@@H]3CCCN3C(=O)[C@H](CC3CCCCC3)N2C1=O. The fourth-order valence-electron chi connectivity index (χ4n) is 9.92. The number of piperazine rings is 1. The van der Waals surface area contributed by atoms with Gasteiger partial charge in [-0.3, -0.25) is 24.0 Å². The molecule has 1 saturated carbocycles. The van der Waals surface area contributed by atoms with E-state index >= 15 is 0 Å². The number of benzene rings is 1. The van der Waals surface area contributed by atoms with Gasteiger partial charge in [0.15, 0.2) is 0 Å². The van der Waals surface area contributed by atoms with Gasteiger partial charge in [0.2, 0.25) is 17.5 Å². The lowest BCUT2D eigenvalue weighted by atomic mass is 9.72. The second-order valence-electron chi connectivity index (χ2n) is 15.1. The van der Waals surface area contributed by atoms with Gasteiger partial charge in [-0.2, -0.15) is 0 Å². The lowest BCUT2D eigenvalue weighted by Gasteiger charge is -2.49. The van der Waals surface area contributed by atoms with E-state index in [-0.39, 0.29) is 23.7 Å². The van der Waals surface area contributed by atoms with Gasteiger partial charge in [0.05, 0.1) is 5.92 Å². The Bertz CT molecular complexity index is 1530. The first-order valence-corrected chi connectivity index (χ1v) is 17.3. The molecule has 8 rings (SSSR count). The van der Waals surface area contributed by atoms with Crippen molar-refractivity contribution in [1.29, 1.82) is 0 Å². The van der Waals surface area contributed by atoms with Crippen molar-refractivity contribution in [3.63, 3.8) is 0 Å². The molecule has 0 bridgehead atoms. The number of aromatic nitrogens is 1. The maximum absolute atomic E-state index is 14.7. The summed E-state index contributed by atoms with van der Waals surface area (Å²) in [6.07, 6.45) is 11.0. The molecule has 10 heteroatoms. The molecule has 3 amide bonds. The van der Waals surface area contributed by atoms with Crippen LogP contribution in [-0.2, 0) is 25.5 Å². The molecule has 5 heterocycles. The second-order valence-corrected chi connectivity index (χ2v) is 15.1. The predicted octanol–water partition coefficient (Wildman–Crippen LogP) is 3.44. The van der Waals surface area contributed by atoms with Crippen LogP contribution in [0.15, 0.2) is 24.4 Å². The van der Waals surface area contributed by atoms with Gasteiger partial charge in [0.25, 0.3) is 11.8 Å². The third-order valence-corrected chi connectivity index (χ3v) is 12.3. The molecule has 2 aromatic rings. The van der Waals surface area contributed by atoms with Crippen LogP contribution < -0.4 is 5.32 Å². The fourth-order valence-corrected chi connectivity index (χ4v) is 9.92. The van der Waals surface area contributed by atoms with E-state index in [1.807, 2.05) is 13.8 Å². The summed E-state index contributed by atoms with van der Waals surface area (Å²) in [6, 6.07) is 5.23. The average molecular weight is 618 g/mol. The summed E-state index contributed by atoms with van der Waals surface area (Å²) in [5, 5.41) is 16.7. The van der Waals surface area contributed by atoms with E-state index in [4.69, 9.17) is 4.74 Å². The summed E-state index contributed by atoms with van der Waals surface area (Å²) in [5.41, 5.74) is 1.96. The number of nitrogens with one attached hydrogen (secondary N) is 2. The number of amides is 3. The second kappa shape index (κ2) is 10.5. The molecule has 2 aliphatic carbocycles. The topological polar surface area (TPSA) is 118 Å². The van der Waals surface area contributed by atoms with E-state index in [1.54, 1.807) is 4.90 Å². The number of aromatic amines is 1. The summed E-state index contributed by atoms with van der Waals surface area (Å²) >= 11 is 0. The van der Waals surface area contributed by atoms with E-state index in [0.29, 0.717) is 44.3 Å². The Morgan fingerprint density at radius 3 is 2.73 bits per heavy atom. The first-order valence-electron chi connectivity index (χ1n) is 17.3. The number of rotatable bonds is 5. The molecule has 4 saturated heterocycles. The van der Waals surface area contributed by atoms with Gasteiger partial charge in [0, 0.05) is 48.1 Å². The molecule has 0 radical (unpaired) electrons. The number of carbonyl (C=O) groups excluding carboxylic acids is 3. The van der Waals surface area contributed by atoms with Gasteiger partial charge in [-0.05, 0) is 62.3 Å². The van der Waals surface area contributed by atoms with Gasteiger partial charge in [0.1, 0.15) is 12.1 Å². The van der Waals surface area contributed by atoms with Gasteiger partial charge >= 0.3 is 0 Å². The van der Waals surface area contributed by atoms with E-state index in [9.17, 15) is 19.5 Å². The van der Waals surface area contributed by atoms with Gasteiger partial charge < -0.3 is 25.2 Å². The molecule has 5 fully saturated rings. The molecule has 1 aromatic heterocycles. The largest absolute Gasteiger partial charge is 0.361 e. The lowest BCUT2D eigenvalue weighted by molar-refractivity contribution is -0.322. The van der Waals surface area contributed by atoms with Crippen LogP contribution in [0.3, 0.4) is 0 Å². The normalized spacial score (nSPS) is 36.9. The van der Waals surface area contributed by atoms with Crippen LogP contribution in [0.1, 0.15) is 88.7 Å². The van der Waals surface area contributed by atoms with Crippen molar-refractivity contribution in [1.82, 2.24) is 25.0 Å². The van der Waals surface area contributed by atoms with Gasteiger partial charge in [-0.1, -0.05) is 58.1 Å². The molecule has 7 atom stereocenters. The van der Waals surface area contributed by atoms with Crippen LogP contribution in [0, 0.1) is 17.8 Å². The third-order valence-electron chi connectivity index (χ3n) is 12.3. The van der Waals surface area contributed by atoms with Gasteiger partial charge in [-0.25, -0.2) is 0 Å². The minimum absolute atomic E-state index is 0.0915. The number of ether oxygens (including phenoxy) is 1. The number of hydrogen-bond donors (Lipinski definition) is 3. The van der Waals surface area contributed by atoms with Crippen LogP contribution in [0.5, 0.6) is 0 Å². The Morgan fingerprint density at radius 2 is 1.96 bits per heavy atom. The highest BCUT2D eigenvalue weighted by atomic mass is 16.7. The number of nitrogens with zero attached hydrogens (tertiary/aromatic N) is 3. The zero-order chi connectivity index (χ0) is 31.2. The van der Waals surface area contributed by atoms with Crippen molar-refractivity contribution in [3.05, 3.63) is 35.5 Å². The summed E-state index contributed by atoms with van der Waals surface area (Å²) in [4.78, 5) is 51.7. The Hall–Kier alpha value is -2.95. The first-order chi connectivity index (χ1) is 21.6. The van der Waals surface area contributed by atoms with E-state index < -0.39 is 35.5 Å². The van der Waals surface area contributed by atoms with Crippen molar-refractivity contribution < 1.29 is 24.2 Å². The Balaban J connectivity index is 1.10. The summed E-state index contributed by atoms with van der Waals surface area (Å²) in [6.45, 7) is 4.82. The summed E-state index contributed by atoms with van der Waals surface area (Å²) < 4.78 is 6.56. The van der Waals surface area contributed by atoms with Crippen molar-refractivity contribution in [3.8, 4) is 0 Å². The summed E-state index contributed by atoms with van der Waals surface area (Å²) in [5.74, 6) is -3.13. The van der Waals surface area contributed by atoms with Crippen LogP contribution >= 0.6 is 0 Å². The number of H-pyrrole nitrogens is 1. The molecule has 4 aliphatic heterocycles. The predicted molar refractivity (Wildman–Crippen MR) is 168 cm³/mol. The molecular formula is C35H47N5O5. The summed E-state index contributed by atoms with van der Waals surface area (Å²) in [7, 11) is 2.09. The minimum atomic E-state index is -1.98. The quantitative estimate of drug-likeness (QED) is 0.473. The molecule has 3 N–H and O–H groups in total. The number of carbonyl (C=O) groups is 3. The number of likely N-dealkylation sites (tertiary alicyclic amines) is 1.